The van der Waals surface area contributed by atoms with E-state index in [0.717, 1.165) is 18.5 Å². The number of dihydropyridines is 1. The summed E-state index contributed by atoms with van der Waals surface area (Å²) in [5.74, 6) is -1.02. The molecule has 0 bridgehead atoms. The van der Waals surface area contributed by atoms with Gasteiger partial charge in [-0.15, -0.1) is 0 Å². The lowest BCUT2D eigenvalue weighted by Crippen LogP contribution is -2.34. The zero-order valence-corrected chi connectivity index (χ0v) is 14.9. The normalized spacial score (nSPS) is 20.7. The summed E-state index contributed by atoms with van der Waals surface area (Å²) in [6, 6.07) is 5.25. The number of hydrogen-bond donors (Lipinski definition) is 1. The molecule has 1 heterocycles. The van der Waals surface area contributed by atoms with Crippen LogP contribution in [0.5, 0.6) is 0 Å². The maximum Gasteiger partial charge on any atom is 0.336 e. The fraction of sp³-hybridized carbons (Fsp3) is 0.333. The molecule has 0 radical (unpaired) electrons. The summed E-state index contributed by atoms with van der Waals surface area (Å²) < 4.78 is 4.95. The van der Waals surface area contributed by atoms with Crippen LogP contribution in [0, 0.1) is 0 Å². The first-order chi connectivity index (χ1) is 11.5. The highest BCUT2D eigenvalue weighted by atomic mass is 35.5. The van der Waals surface area contributed by atoms with Crippen molar-refractivity contribution >= 4 is 35.0 Å². The van der Waals surface area contributed by atoms with Gasteiger partial charge in [-0.25, -0.2) is 4.79 Å². The summed E-state index contributed by atoms with van der Waals surface area (Å²) in [6.07, 6.45) is 2.02. The number of esters is 1. The van der Waals surface area contributed by atoms with E-state index in [1.54, 1.807) is 25.1 Å². The Morgan fingerprint density at radius 3 is 2.75 bits per heavy atom. The summed E-state index contributed by atoms with van der Waals surface area (Å²) in [4.78, 5) is 25.0. The number of nitrogens with one attached hydrogen (secondary N) is 1. The summed E-state index contributed by atoms with van der Waals surface area (Å²) in [5.41, 5.74) is 3.18. The number of ketones is 1. The molecule has 1 unspecified atom stereocenters. The molecule has 24 heavy (non-hydrogen) atoms. The van der Waals surface area contributed by atoms with Gasteiger partial charge >= 0.3 is 5.97 Å². The van der Waals surface area contributed by atoms with E-state index < -0.39 is 11.9 Å². The average Bonchev–Trinajstić information content (AvgIpc) is 2.56. The monoisotopic (exact) mass is 365 g/mol. The maximum atomic E-state index is 12.6. The van der Waals surface area contributed by atoms with Crippen molar-refractivity contribution in [3.63, 3.8) is 0 Å². The van der Waals surface area contributed by atoms with Crippen LogP contribution in [-0.4, -0.2) is 18.9 Å². The van der Waals surface area contributed by atoms with Crippen LogP contribution in [0.1, 0.15) is 37.7 Å². The van der Waals surface area contributed by atoms with Gasteiger partial charge in [-0.3, -0.25) is 4.79 Å². The van der Waals surface area contributed by atoms with Crippen LogP contribution < -0.4 is 5.32 Å². The number of Topliss-reactive ketones (excluding diaryl/α,β-unsaturated/α-hetero) is 1. The fourth-order valence-electron chi connectivity index (χ4n) is 3.42. The molecule has 2 aliphatic rings. The summed E-state index contributed by atoms with van der Waals surface area (Å²) in [6.45, 7) is 1.81. The zero-order valence-electron chi connectivity index (χ0n) is 13.4. The maximum absolute atomic E-state index is 12.6. The van der Waals surface area contributed by atoms with Crippen molar-refractivity contribution in [2.24, 2.45) is 0 Å². The molecule has 4 nitrogen and oxygen atoms in total. The van der Waals surface area contributed by atoms with Crippen LogP contribution in [0.4, 0.5) is 0 Å². The fourth-order valence-corrected chi connectivity index (χ4v) is 3.84. The quantitative estimate of drug-likeness (QED) is 0.800. The molecule has 1 aromatic rings. The minimum atomic E-state index is -0.562. The third kappa shape index (κ3) is 2.74. The Balaban J connectivity index is 2.26. The van der Waals surface area contributed by atoms with Crippen LogP contribution in [-0.2, 0) is 14.3 Å². The van der Waals surface area contributed by atoms with Crippen LogP contribution in [0.25, 0.3) is 0 Å². The summed E-state index contributed by atoms with van der Waals surface area (Å²) in [5, 5.41) is 3.95. The SMILES string of the molecule is COC(=O)C1=C(C)NC2=C(C(=O)CCC2)C1c1cccc(Cl)c1Cl. The largest absolute Gasteiger partial charge is 0.466 e. The van der Waals surface area contributed by atoms with E-state index in [9.17, 15) is 9.59 Å². The number of carbonyl (C=O) groups excluding carboxylic acids is 2. The molecular formula is C18H17Cl2NO3. The minimum absolute atomic E-state index is 0.0266. The van der Waals surface area contributed by atoms with Gasteiger partial charge in [-0.05, 0) is 31.4 Å². The van der Waals surface area contributed by atoms with Gasteiger partial charge in [0.2, 0.25) is 0 Å². The van der Waals surface area contributed by atoms with Gasteiger partial charge in [-0.2, -0.15) is 0 Å². The number of carbonyl (C=O) groups is 2. The molecule has 1 N–H and O–H groups in total. The predicted molar refractivity (Wildman–Crippen MR) is 92.9 cm³/mol. The molecule has 0 saturated carbocycles. The van der Waals surface area contributed by atoms with Crippen molar-refractivity contribution in [1.82, 2.24) is 5.32 Å². The Morgan fingerprint density at radius 1 is 1.29 bits per heavy atom. The molecule has 6 heteroatoms. The smallest absolute Gasteiger partial charge is 0.336 e. The van der Waals surface area contributed by atoms with E-state index in [1.165, 1.54) is 7.11 Å². The van der Waals surface area contributed by atoms with Gasteiger partial charge in [0.25, 0.3) is 0 Å². The van der Waals surface area contributed by atoms with E-state index in [0.29, 0.717) is 38.9 Å². The number of methoxy groups -OCH3 is 1. The Morgan fingerprint density at radius 2 is 2.04 bits per heavy atom. The molecule has 0 aromatic heterocycles. The van der Waals surface area contributed by atoms with E-state index in [-0.39, 0.29) is 5.78 Å². The van der Waals surface area contributed by atoms with Gasteiger partial charge < -0.3 is 10.1 Å². The molecule has 3 rings (SSSR count). The second-order valence-electron chi connectivity index (χ2n) is 5.90. The zero-order chi connectivity index (χ0) is 17.4. The van der Waals surface area contributed by atoms with Crippen molar-refractivity contribution in [3.8, 4) is 0 Å². The molecule has 1 atom stereocenters. The van der Waals surface area contributed by atoms with Gasteiger partial charge in [0.15, 0.2) is 5.78 Å². The number of hydrogen-bond acceptors (Lipinski definition) is 4. The van der Waals surface area contributed by atoms with Crippen molar-refractivity contribution in [2.75, 3.05) is 7.11 Å². The Kier molecular flexibility index (Phi) is 4.70. The van der Waals surface area contributed by atoms with Crippen LogP contribution >= 0.6 is 23.2 Å². The van der Waals surface area contributed by atoms with Gasteiger partial charge in [-0.1, -0.05) is 35.3 Å². The number of allylic oxidation sites excluding steroid dienone is 3. The molecule has 0 fully saturated rings. The number of benzene rings is 1. The third-order valence-corrected chi connectivity index (χ3v) is 5.31. The molecular weight excluding hydrogens is 349 g/mol. The van der Waals surface area contributed by atoms with Crippen molar-refractivity contribution in [3.05, 3.63) is 56.3 Å². The summed E-state index contributed by atoms with van der Waals surface area (Å²) in [7, 11) is 1.33. The third-order valence-electron chi connectivity index (χ3n) is 4.47. The van der Waals surface area contributed by atoms with Gasteiger partial charge in [0, 0.05) is 29.3 Å². The standard InChI is InChI=1S/C18H17Cl2NO3/c1-9-14(18(23)24-2)15(10-5-3-6-11(19)17(10)20)16-12(21-9)7-4-8-13(16)22/h3,5-6,15,21H,4,7-8H2,1-2H3. The van der Waals surface area contributed by atoms with Gasteiger partial charge in [0.05, 0.1) is 22.7 Å². The topological polar surface area (TPSA) is 55.4 Å². The van der Waals surface area contributed by atoms with Gasteiger partial charge in [0.1, 0.15) is 0 Å². The van der Waals surface area contributed by atoms with Crippen LogP contribution in [0.2, 0.25) is 10.0 Å². The second kappa shape index (κ2) is 6.61. The molecule has 126 valence electrons. The highest BCUT2D eigenvalue weighted by molar-refractivity contribution is 6.42. The van der Waals surface area contributed by atoms with Crippen LogP contribution in [0.15, 0.2) is 40.7 Å². The molecule has 1 aromatic carbocycles. The molecule has 0 saturated heterocycles. The first kappa shape index (κ1) is 17.1. The number of rotatable bonds is 2. The predicted octanol–water partition coefficient (Wildman–Crippen LogP) is 4.13. The van der Waals surface area contributed by atoms with E-state index in [4.69, 9.17) is 27.9 Å². The first-order valence-electron chi connectivity index (χ1n) is 7.72. The lowest BCUT2D eigenvalue weighted by Gasteiger charge is -2.34. The Hall–Kier alpha value is -1.78. The lowest BCUT2D eigenvalue weighted by atomic mass is 9.75. The Bertz CT molecular complexity index is 795. The molecule has 1 aliphatic carbocycles. The summed E-state index contributed by atoms with van der Waals surface area (Å²) >= 11 is 12.6. The van der Waals surface area contributed by atoms with E-state index >= 15 is 0 Å². The van der Waals surface area contributed by atoms with Crippen molar-refractivity contribution in [2.45, 2.75) is 32.1 Å². The molecule has 0 spiro atoms. The lowest BCUT2D eigenvalue weighted by molar-refractivity contribution is -0.136. The van der Waals surface area contributed by atoms with Crippen LogP contribution in [0.3, 0.4) is 0 Å². The molecule has 0 amide bonds. The number of halogens is 2. The van der Waals surface area contributed by atoms with Crippen molar-refractivity contribution in [1.29, 1.82) is 0 Å². The number of ether oxygens (including phenoxy) is 1. The van der Waals surface area contributed by atoms with Crippen molar-refractivity contribution < 1.29 is 14.3 Å². The molecule has 1 aliphatic heterocycles. The van der Waals surface area contributed by atoms with E-state index in [1.807, 2.05) is 0 Å². The second-order valence-corrected chi connectivity index (χ2v) is 6.69. The Labute approximate surface area is 150 Å². The highest BCUT2D eigenvalue weighted by Gasteiger charge is 2.39. The van der Waals surface area contributed by atoms with E-state index in [2.05, 4.69) is 5.32 Å². The minimum Gasteiger partial charge on any atom is -0.466 e. The first-order valence-corrected chi connectivity index (χ1v) is 8.47. The average molecular weight is 366 g/mol. The highest BCUT2D eigenvalue weighted by Crippen LogP contribution is 2.45.